The molecule has 1 rings (SSSR count). The van der Waals surface area contributed by atoms with Gasteiger partial charge in [-0.05, 0) is 30.6 Å². The fourth-order valence-electron chi connectivity index (χ4n) is 1.98. The minimum atomic E-state index is 0.698. The van der Waals surface area contributed by atoms with Gasteiger partial charge >= 0.3 is 0 Å². The third-order valence-corrected chi connectivity index (χ3v) is 3.00. The van der Waals surface area contributed by atoms with Crippen LogP contribution in [0.25, 0.3) is 0 Å². The van der Waals surface area contributed by atoms with Crippen LogP contribution in [0.15, 0.2) is 24.3 Å². The monoisotopic (exact) mass is 264 g/mol. The van der Waals surface area contributed by atoms with Gasteiger partial charge in [-0.15, -0.1) is 0 Å². The molecule has 0 atom stereocenters. The largest absolute Gasteiger partial charge is 0.383 e. The number of benzene rings is 1. The molecule has 3 heteroatoms. The van der Waals surface area contributed by atoms with Crippen LogP contribution in [0.4, 0.5) is 0 Å². The number of ether oxygens (including phenoxy) is 1. The average molecular weight is 264 g/mol. The van der Waals surface area contributed by atoms with Crippen LogP contribution >= 0.6 is 0 Å². The Kier molecular flexibility index (Phi) is 7.72. The van der Waals surface area contributed by atoms with Crippen LogP contribution in [0.5, 0.6) is 0 Å². The molecule has 0 spiro atoms. The fourth-order valence-corrected chi connectivity index (χ4v) is 1.98. The number of rotatable bonds is 9. The second-order valence-corrected chi connectivity index (χ2v) is 5.58. The Morgan fingerprint density at radius 3 is 2.68 bits per heavy atom. The van der Waals surface area contributed by atoms with Gasteiger partial charge in [-0.25, -0.2) is 0 Å². The van der Waals surface area contributed by atoms with E-state index in [4.69, 9.17) is 4.74 Å². The Balaban J connectivity index is 2.42. The maximum atomic E-state index is 5.10. The zero-order valence-corrected chi connectivity index (χ0v) is 12.8. The Morgan fingerprint density at radius 1 is 1.26 bits per heavy atom. The highest BCUT2D eigenvalue weighted by atomic mass is 16.5. The molecule has 1 aromatic rings. The standard InChI is InChI=1S/C16H28N2O/c1-14(2)11-17-12-15-6-5-7-16(10-15)13-18(3)8-9-19-4/h5-7,10,14,17H,8-9,11-13H2,1-4H3. The number of hydrogen-bond acceptors (Lipinski definition) is 3. The van der Waals surface area contributed by atoms with Crippen molar-refractivity contribution in [2.24, 2.45) is 5.92 Å². The Hall–Kier alpha value is -0.900. The second kappa shape index (κ2) is 9.08. The van der Waals surface area contributed by atoms with E-state index in [-0.39, 0.29) is 0 Å². The number of methoxy groups -OCH3 is 1. The highest BCUT2D eigenvalue weighted by Crippen LogP contribution is 2.07. The Morgan fingerprint density at radius 2 is 2.00 bits per heavy atom. The summed E-state index contributed by atoms with van der Waals surface area (Å²) in [5.41, 5.74) is 2.72. The summed E-state index contributed by atoms with van der Waals surface area (Å²) in [7, 11) is 3.87. The van der Waals surface area contributed by atoms with E-state index in [2.05, 4.69) is 55.4 Å². The minimum absolute atomic E-state index is 0.698. The molecule has 0 aromatic heterocycles. The van der Waals surface area contributed by atoms with Crippen LogP contribution in [0.3, 0.4) is 0 Å². The van der Waals surface area contributed by atoms with Gasteiger partial charge in [0.1, 0.15) is 0 Å². The number of nitrogens with zero attached hydrogens (tertiary/aromatic N) is 1. The first kappa shape index (κ1) is 16.2. The van der Waals surface area contributed by atoms with Crippen molar-refractivity contribution in [3.8, 4) is 0 Å². The van der Waals surface area contributed by atoms with Crippen LogP contribution in [-0.4, -0.2) is 38.8 Å². The Labute approximate surface area is 118 Å². The van der Waals surface area contributed by atoms with Crippen LogP contribution < -0.4 is 5.32 Å². The summed E-state index contributed by atoms with van der Waals surface area (Å²) < 4.78 is 5.10. The van der Waals surface area contributed by atoms with Gasteiger partial charge in [0.15, 0.2) is 0 Å². The van der Waals surface area contributed by atoms with Crippen LogP contribution in [0.2, 0.25) is 0 Å². The number of nitrogens with one attached hydrogen (secondary N) is 1. The van der Waals surface area contributed by atoms with Crippen molar-refractivity contribution in [3.05, 3.63) is 35.4 Å². The summed E-state index contributed by atoms with van der Waals surface area (Å²) in [6, 6.07) is 8.81. The first-order valence-corrected chi connectivity index (χ1v) is 7.08. The van der Waals surface area contributed by atoms with Crippen molar-refractivity contribution in [2.75, 3.05) is 33.9 Å². The molecule has 1 aromatic carbocycles. The van der Waals surface area contributed by atoms with E-state index in [1.807, 2.05) is 0 Å². The maximum Gasteiger partial charge on any atom is 0.0589 e. The van der Waals surface area contributed by atoms with Gasteiger partial charge < -0.3 is 10.1 Å². The van der Waals surface area contributed by atoms with E-state index < -0.39 is 0 Å². The molecule has 0 fully saturated rings. The lowest BCUT2D eigenvalue weighted by Gasteiger charge is -2.16. The van der Waals surface area contributed by atoms with E-state index >= 15 is 0 Å². The second-order valence-electron chi connectivity index (χ2n) is 5.58. The molecule has 0 saturated carbocycles. The van der Waals surface area contributed by atoms with Gasteiger partial charge in [0.2, 0.25) is 0 Å². The van der Waals surface area contributed by atoms with Gasteiger partial charge in [0.25, 0.3) is 0 Å². The fraction of sp³-hybridized carbons (Fsp3) is 0.625. The molecule has 0 radical (unpaired) electrons. The molecule has 1 N–H and O–H groups in total. The average Bonchev–Trinajstić information content (AvgIpc) is 2.36. The third kappa shape index (κ3) is 7.31. The first-order chi connectivity index (χ1) is 9.11. The van der Waals surface area contributed by atoms with E-state index in [1.165, 1.54) is 11.1 Å². The van der Waals surface area contributed by atoms with Gasteiger partial charge in [0.05, 0.1) is 6.61 Å². The molecule has 0 aliphatic heterocycles. The van der Waals surface area contributed by atoms with Crippen LogP contribution in [-0.2, 0) is 17.8 Å². The van der Waals surface area contributed by atoms with Gasteiger partial charge in [-0.2, -0.15) is 0 Å². The SMILES string of the molecule is COCCN(C)Cc1cccc(CNCC(C)C)c1. The molecule has 0 bridgehead atoms. The zero-order chi connectivity index (χ0) is 14.1. The zero-order valence-electron chi connectivity index (χ0n) is 12.8. The Bertz CT molecular complexity index is 352. The predicted molar refractivity (Wildman–Crippen MR) is 81.2 cm³/mol. The van der Waals surface area contributed by atoms with Crippen LogP contribution in [0.1, 0.15) is 25.0 Å². The normalized spacial score (nSPS) is 11.5. The molecule has 0 heterocycles. The summed E-state index contributed by atoms with van der Waals surface area (Å²) in [5, 5.41) is 3.48. The summed E-state index contributed by atoms with van der Waals surface area (Å²) in [4.78, 5) is 2.28. The lowest BCUT2D eigenvalue weighted by Crippen LogP contribution is -2.22. The van der Waals surface area contributed by atoms with E-state index in [0.717, 1.165) is 32.8 Å². The van der Waals surface area contributed by atoms with Crippen LogP contribution in [0, 0.1) is 5.92 Å². The summed E-state index contributed by atoms with van der Waals surface area (Å²) >= 11 is 0. The lowest BCUT2D eigenvalue weighted by atomic mass is 10.1. The van der Waals surface area contributed by atoms with Gasteiger partial charge in [-0.3, -0.25) is 4.90 Å². The third-order valence-electron chi connectivity index (χ3n) is 3.00. The first-order valence-electron chi connectivity index (χ1n) is 7.08. The molecular formula is C16H28N2O. The smallest absolute Gasteiger partial charge is 0.0589 e. The molecule has 108 valence electrons. The van der Waals surface area contributed by atoms with Crippen molar-refractivity contribution in [1.29, 1.82) is 0 Å². The molecule has 3 nitrogen and oxygen atoms in total. The molecule has 0 amide bonds. The molecular weight excluding hydrogens is 236 g/mol. The minimum Gasteiger partial charge on any atom is -0.383 e. The maximum absolute atomic E-state index is 5.10. The predicted octanol–water partition coefficient (Wildman–Crippen LogP) is 2.51. The topological polar surface area (TPSA) is 24.5 Å². The van der Waals surface area contributed by atoms with Crippen molar-refractivity contribution >= 4 is 0 Å². The van der Waals surface area contributed by atoms with E-state index in [0.29, 0.717) is 5.92 Å². The lowest BCUT2D eigenvalue weighted by molar-refractivity contribution is 0.158. The number of likely N-dealkylation sites (N-methyl/N-ethyl adjacent to an activating group) is 1. The molecule has 0 saturated heterocycles. The molecule has 0 aliphatic carbocycles. The summed E-state index contributed by atoms with van der Waals surface area (Å²) in [6.07, 6.45) is 0. The van der Waals surface area contributed by atoms with Crippen molar-refractivity contribution < 1.29 is 4.74 Å². The van der Waals surface area contributed by atoms with Crippen molar-refractivity contribution in [2.45, 2.75) is 26.9 Å². The molecule has 0 unspecified atom stereocenters. The number of hydrogen-bond donors (Lipinski definition) is 1. The van der Waals surface area contributed by atoms with Gasteiger partial charge in [0, 0.05) is 26.7 Å². The van der Waals surface area contributed by atoms with Crippen molar-refractivity contribution in [1.82, 2.24) is 10.2 Å². The highest BCUT2D eigenvalue weighted by Gasteiger charge is 2.01. The summed E-state index contributed by atoms with van der Waals surface area (Å²) in [6.45, 7) is 9.20. The van der Waals surface area contributed by atoms with Gasteiger partial charge in [-0.1, -0.05) is 38.1 Å². The quantitative estimate of drug-likeness (QED) is 0.742. The molecule has 19 heavy (non-hydrogen) atoms. The summed E-state index contributed by atoms with van der Waals surface area (Å²) in [5.74, 6) is 0.698. The van der Waals surface area contributed by atoms with E-state index in [1.54, 1.807) is 7.11 Å². The highest BCUT2D eigenvalue weighted by molar-refractivity contribution is 5.23. The van der Waals surface area contributed by atoms with E-state index in [9.17, 15) is 0 Å². The van der Waals surface area contributed by atoms with Crippen molar-refractivity contribution in [3.63, 3.8) is 0 Å². The molecule has 0 aliphatic rings.